The number of methoxy groups -OCH3 is 1. The van der Waals surface area contributed by atoms with E-state index in [1.807, 2.05) is 54.6 Å². The summed E-state index contributed by atoms with van der Waals surface area (Å²) in [6.45, 7) is 6.61. The molecule has 1 amide bonds. The van der Waals surface area contributed by atoms with E-state index < -0.39 is 72.7 Å². The first-order valence-corrected chi connectivity index (χ1v) is 45.0. The van der Waals surface area contributed by atoms with E-state index in [9.17, 15) is 28.8 Å². The predicted octanol–water partition coefficient (Wildman–Crippen LogP) is 24.5. The van der Waals surface area contributed by atoms with Gasteiger partial charge in [-0.15, -0.1) is 0 Å². The quantitative estimate of drug-likeness (QED) is 0.0249. The van der Waals surface area contributed by atoms with Gasteiger partial charge in [0.25, 0.3) is 0 Å². The summed E-state index contributed by atoms with van der Waals surface area (Å²) in [6.07, 6.45) is 47.5. The number of benzene rings is 4. The number of rotatable bonds is 67. The largest absolute Gasteiger partial charge is 0.494 e. The first kappa shape index (κ1) is 94.1. The SMILES string of the molecule is CCCCCCCCCCCCCCCCCC(=O)OC1C(COC(=O)CCCOc2ccc(COC(=O)C(Cc3ccccc3)NC(=O)OCC3c4ccccc4-c4ccccc43)cc2)OC(OC)C(OC(=O)CCCCCCCCCCCCCCCCC)C1OC(=O)CCCCCCCCCCCCCCCCC. The smallest absolute Gasteiger partial charge is 0.407 e. The summed E-state index contributed by atoms with van der Waals surface area (Å²) in [6, 6.07) is 31.7. The molecule has 1 aliphatic heterocycles. The van der Waals surface area contributed by atoms with E-state index in [0.717, 1.165) is 85.6 Å². The maximum Gasteiger partial charge on any atom is 0.407 e. The second kappa shape index (κ2) is 60.7. The zero-order valence-corrected chi connectivity index (χ0v) is 69.9. The Kier molecular flexibility index (Phi) is 51.0. The standard InChI is InChI=1S/C96H147NO15/c1-5-8-11-14-17-20-23-26-29-32-35-38-41-44-50-64-88(99)110-91-86(109-95(104-4)93(112-90(101)66-52-46-43-40-37-34-31-28-25-22-19-16-13-10-7-3)92(91)111-89(100)65-51-45-42-39-36-33-30-27-24-21-18-15-12-9-6-2)76-106-87(98)67-57-72-105-79-70-68-78(69-71-79)74-107-94(102)85(73-77-58-48-47-49-59-77)97-96(103)108-75-84-82-62-55-53-60-80(82)81-61-54-56-63-83(81)84/h47-49,53-56,58-63,68-71,84-86,91-93,95H,5-46,50-52,57,64-67,72-76H2,1-4H3,(H,97,103). The Morgan fingerprint density at radius 1 is 0.366 bits per heavy atom. The third kappa shape index (κ3) is 40.0. The van der Waals surface area contributed by atoms with Gasteiger partial charge in [0.15, 0.2) is 24.6 Å². The Bertz CT molecular complexity index is 3070. The molecule has 1 N–H and O–H groups in total. The molecule has 4 aromatic rings. The zero-order chi connectivity index (χ0) is 79.5. The number of ether oxygens (including phenoxy) is 9. The number of nitrogens with one attached hydrogen (secondary N) is 1. The molecule has 6 unspecified atom stereocenters. The van der Waals surface area contributed by atoms with Gasteiger partial charge in [0.05, 0.1) is 6.61 Å². The molecule has 1 aliphatic carbocycles. The van der Waals surface area contributed by atoms with Gasteiger partial charge in [0.1, 0.15) is 37.7 Å². The lowest BCUT2D eigenvalue weighted by atomic mass is 9.97. The zero-order valence-electron chi connectivity index (χ0n) is 69.9. The van der Waals surface area contributed by atoms with Gasteiger partial charge < -0.3 is 47.9 Å². The predicted molar refractivity (Wildman–Crippen MR) is 448 cm³/mol. The minimum Gasteiger partial charge on any atom is -0.494 e. The van der Waals surface area contributed by atoms with Crippen molar-refractivity contribution in [2.75, 3.05) is 26.9 Å². The van der Waals surface area contributed by atoms with Crippen LogP contribution in [0.15, 0.2) is 103 Å². The maximum atomic E-state index is 14.1. The van der Waals surface area contributed by atoms with Gasteiger partial charge in [0, 0.05) is 45.1 Å². The molecule has 0 saturated carbocycles. The molecule has 0 radical (unpaired) electrons. The molecule has 626 valence electrons. The van der Waals surface area contributed by atoms with E-state index in [4.69, 9.17) is 42.6 Å². The van der Waals surface area contributed by atoms with Gasteiger partial charge in [0.2, 0.25) is 0 Å². The van der Waals surface area contributed by atoms with Crippen molar-refractivity contribution in [3.05, 3.63) is 125 Å². The van der Waals surface area contributed by atoms with Gasteiger partial charge in [-0.1, -0.05) is 381 Å². The van der Waals surface area contributed by atoms with Gasteiger partial charge in [-0.05, 0) is 71.2 Å². The van der Waals surface area contributed by atoms with E-state index in [1.165, 1.54) is 219 Å². The highest BCUT2D eigenvalue weighted by molar-refractivity contribution is 5.82. The number of amides is 1. The number of hydrogen-bond donors (Lipinski definition) is 1. The van der Waals surface area contributed by atoms with Crippen LogP contribution in [-0.4, -0.2) is 99.6 Å². The molecule has 112 heavy (non-hydrogen) atoms. The van der Waals surface area contributed by atoms with Crippen molar-refractivity contribution in [1.82, 2.24) is 5.32 Å². The minimum atomic E-state index is -1.32. The van der Waals surface area contributed by atoms with Gasteiger partial charge in [-0.25, -0.2) is 9.59 Å². The Balaban J connectivity index is 1.02. The Morgan fingerprint density at radius 2 is 0.741 bits per heavy atom. The van der Waals surface area contributed by atoms with Gasteiger partial charge >= 0.3 is 35.9 Å². The lowest BCUT2D eigenvalue weighted by Gasteiger charge is -2.44. The second-order valence-corrected chi connectivity index (χ2v) is 31.8. The average Bonchev–Trinajstić information content (AvgIpc) is 1.62. The molecule has 1 saturated heterocycles. The number of alkyl carbamates (subject to hydrolysis) is 1. The number of esters is 5. The average molecular weight is 1560 g/mol. The van der Waals surface area contributed by atoms with Crippen LogP contribution in [0.25, 0.3) is 11.1 Å². The molecule has 2 aliphatic rings. The summed E-state index contributed by atoms with van der Waals surface area (Å²) in [4.78, 5) is 83.1. The van der Waals surface area contributed by atoms with Gasteiger partial charge in [-0.2, -0.15) is 0 Å². The lowest BCUT2D eigenvalue weighted by Crippen LogP contribution is -2.63. The number of carbonyl (C=O) groups excluding carboxylic acids is 6. The Labute approximate surface area is 675 Å². The number of fused-ring (bicyclic) bond motifs is 3. The van der Waals surface area contributed by atoms with E-state index in [2.05, 4.69) is 50.4 Å². The number of carbonyl (C=O) groups is 6. The third-order valence-electron chi connectivity index (χ3n) is 22.3. The number of hydrogen-bond acceptors (Lipinski definition) is 15. The topological polar surface area (TPSA) is 198 Å². The molecule has 0 spiro atoms. The molecular weight excluding hydrogens is 1410 g/mol. The van der Waals surface area contributed by atoms with Crippen LogP contribution in [0.4, 0.5) is 4.79 Å². The highest BCUT2D eigenvalue weighted by Crippen LogP contribution is 2.45. The maximum absolute atomic E-state index is 14.1. The summed E-state index contributed by atoms with van der Waals surface area (Å²) < 4.78 is 54.8. The van der Waals surface area contributed by atoms with Crippen LogP contribution in [0.2, 0.25) is 0 Å². The third-order valence-corrected chi connectivity index (χ3v) is 22.3. The molecule has 16 nitrogen and oxygen atoms in total. The first-order chi connectivity index (χ1) is 55.0. The van der Waals surface area contributed by atoms with Crippen LogP contribution >= 0.6 is 0 Å². The summed E-state index contributed by atoms with van der Waals surface area (Å²) in [5.74, 6) is -2.30. The van der Waals surface area contributed by atoms with Crippen LogP contribution in [-0.2, 0) is 74.9 Å². The highest BCUT2D eigenvalue weighted by atomic mass is 16.7. The Hall–Kier alpha value is -6.78. The minimum absolute atomic E-state index is 0.0243. The van der Waals surface area contributed by atoms with E-state index in [-0.39, 0.29) is 64.4 Å². The van der Waals surface area contributed by atoms with Gasteiger partial charge in [-0.3, -0.25) is 19.2 Å². The van der Waals surface area contributed by atoms with Crippen molar-refractivity contribution < 1.29 is 71.4 Å². The molecule has 1 heterocycles. The van der Waals surface area contributed by atoms with Crippen LogP contribution in [0, 0.1) is 0 Å². The Morgan fingerprint density at radius 3 is 1.16 bits per heavy atom. The molecule has 6 rings (SSSR count). The molecule has 1 fully saturated rings. The summed E-state index contributed by atoms with van der Waals surface area (Å²) in [5.41, 5.74) is 5.93. The second-order valence-electron chi connectivity index (χ2n) is 31.8. The van der Waals surface area contributed by atoms with Crippen LogP contribution in [0.3, 0.4) is 0 Å². The van der Waals surface area contributed by atoms with Crippen molar-refractivity contribution in [2.24, 2.45) is 0 Å². The molecule has 6 atom stereocenters. The highest BCUT2D eigenvalue weighted by Gasteiger charge is 2.53. The molecular formula is C96H147NO15. The fourth-order valence-electron chi connectivity index (χ4n) is 15.6. The molecule has 0 aromatic heterocycles. The lowest BCUT2D eigenvalue weighted by molar-refractivity contribution is -0.303. The first-order valence-electron chi connectivity index (χ1n) is 45.0. The summed E-state index contributed by atoms with van der Waals surface area (Å²) in [5, 5.41) is 2.78. The number of unbranched alkanes of at least 4 members (excludes halogenated alkanes) is 42. The summed E-state index contributed by atoms with van der Waals surface area (Å²) >= 11 is 0. The van der Waals surface area contributed by atoms with E-state index in [1.54, 1.807) is 24.3 Å². The fourth-order valence-corrected chi connectivity index (χ4v) is 15.6. The van der Waals surface area contributed by atoms with Crippen molar-refractivity contribution in [3.63, 3.8) is 0 Å². The van der Waals surface area contributed by atoms with Crippen molar-refractivity contribution in [2.45, 2.75) is 398 Å². The van der Waals surface area contributed by atoms with Crippen molar-refractivity contribution in [1.29, 1.82) is 0 Å². The van der Waals surface area contributed by atoms with Crippen molar-refractivity contribution >= 4 is 35.9 Å². The normalized spacial score (nSPS) is 16.1. The molecule has 0 bridgehead atoms. The van der Waals surface area contributed by atoms with Crippen LogP contribution in [0.5, 0.6) is 5.75 Å². The van der Waals surface area contributed by atoms with Crippen LogP contribution in [0.1, 0.15) is 370 Å². The summed E-state index contributed by atoms with van der Waals surface area (Å²) in [7, 11) is 1.42. The van der Waals surface area contributed by atoms with E-state index >= 15 is 0 Å². The van der Waals surface area contributed by atoms with Crippen molar-refractivity contribution in [3.8, 4) is 16.9 Å². The van der Waals surface area contributed by atoms with Crippen LogP contribution < -0.4 is 10.1 Å². The fraction of sp³-hybridized carbons (Fsp3) is 0.688. The monoisotopic (exact) mass is 1550 g/mol. The molecule has 16 heteroatoms. The molecule has 4 aromatic carbocycles. The van der Waals surface area contributed by atoms with E-state index in [0.29, 0.717) is 37.0 Å².